The molecule has 0 atom stereocenters. The van der Waals surface area contributed by atoms with E-state index in [2.05, 4.69) is 10.1 Å². The van der Waals surface area contributed by atoms with Crippen LogP contribution in [0.15, 0.2) is 12.1 Å². The van der Waals surface area contributed by atoms with Crippen LogP contribution in [0.2, 0.25) is 0 Å². The minimum absolute atomic E-state index is 0.00313. The molecule has 0 unspecified atom stereocenters. The number of rotatable bonds is 2. The lowest BCUT2D eigenvalue weighted by atomic mass is 10.2. The molecule has 2 aromatic rings. The van der Waals surface area contributed by atoms with E-state index in [1.807, 2.05) is 0 Å². The van der Waals surface area contributed by atoms with Crippen LogP contribution in [0, 0.1) is 19.7 Å². The molecule has 0 aliphatic carbocycles. The molecule has 4 nitrogen and oxygen atoms in total. The Bertz CT molecular complexity index is 646. The minimum Gasteiger partial charge on any atom is -0.397 e. The summed E-state index contributed by atoms with van der Waals surface area (Å²) in [5, 5.41) is 3.42. The number of nitrogens with two attached hydrogens (primary N) is 1. The van der Waals surface area contributed by atoms with E-state index in [4.69, 9.17) is 5.73 Å². The second kappa shape index (κ2) is 4.77. The van der Waals surface area contributed by atoms with Gasteiger partial charge in [-0.25, -0.2) is 4.39 Å². The van der Waals surface area contributed by atoms with E-state index < -0.39 is 17.7 Å². The molecule has 0 saturated heterocycles. The molecule has 20 heavy (non-hydrogen) atoms. The van der Waals surface area contributed by atoms with Crippen molar-refractivity contribution in [1.29, 1.82) is 0 Å². The molecule has 2 heterocycles. The number of nitrogens with zero attached hydrogens (tertiary/aromatic N) is 3. The molecule has 0 aliphatic rings. The van der Waals surface area contributed by atoms with Gasteiger partial charge in [0.25, 0.3) is 0 Å². The summed E-state index contributed by atoms with van der Waals surface area (Å²) in [5.74, 6) is -0.670. The Kier molecular flexibility index (Phi) is 3.41. The van der Waals surface area contributed by atoms with Crippen molar-refractivity contribution in [2.45, 2.75) is 26.6 Å². The van der Waals surface area contributed by atoms with E-state index in [0.717, 1.165) is 16.8 Å². The van der Waals surface area contributed by atoms with E-state index >= 15 is 0 Å². The molecule has 2 rings (SSSR count). The molecule has 0 spiro atoms. The zero-order chi connectivity index (χ0) is 15.1. The van der Waals surface area contributed by atoms with Gasteiger partial charge in [-0.2, -0.15) is 18.3 Å². The molecule has 108 valence electrons. The number of pyridine rings is 1. The van der Waals surface area contributed by atoms with Gasteiger partial charge < -0.3 is 5.73 Å². The van der Waals surface area contributed by atoms with E-state index in [0.29, 0.717) is 5.69 Å². The van der Waals surface area contributed by atoms with Crippen molar-refractivity contribution in [2.24, 2.45) is 0 Å². The highest BCUT2D eigenvalue weighted by molar-refractivity contribution is 5.43. The van der Waals surface area contributed by atoms with Gasteiger partial charge in [-0.05, 0) is 19.9 Å². The number of aryl methyl sites for hydroxylation is 2. The van der Waals surface area contributed by atoms with Crippen LogP contribution in [-0.4, -0.2) is 14.8 Å². The van der Waals surface area contributed by atoms with Crippen LogP contribution in [0.5, 0.6) is 0 Å². The molecular formula is C12H12F4N4. The van der Waals surface area contributed by atoms with Crippen molar-refractivity contribution < 1.29 is 17.6 Å². The van der Waals surface area contributed by atoms with Crippen molar-refractivity contribution in [2.75, 3.05) is 5.73 Å². The van der Waals surface area contributed by atoms with Gasteiger partial charge in [0, 0.05) is 11.8 Å². The van der Waals surface area contributed by atoms with E-state index in [1.54, 1.807) is 6.92 Å². The van der Waals surface area contributed by atoms with Crippen LogP contribution in [0.3, 0.4) is 0 Å². The number of aromatic nitrogens is 3. The monoisotopic (exact) mass is 288 g/mol. The molecule has 0 fully saturated rings. The standard InChI is InChI=1S/C12H12F4N4/c1-6-3-11(12(14,15)16)19-20(6)5-10-8(13)4-9(17)7(2)18-10/h3-4H,5,17H2,1-2H3. The summed E-state index contributed by atoms with van der Waals surface area (Å²) < 4.78 is 52.3. The average molecular weight is 288 g/mol. The predicted molar refractivity (Wildman–Crippen MR) is 64.4 cm³/mol. The van der Waals surface area contributed by atoms with Crippen molar-refractivity contribution in [3.05, 3.63) is 40.7 Å². The second-order valence-corrected chi connectivity index (χ2v) is 4.42. The maximum Gasteiger partial charge on any atom is 0.435 e. The predicted octanol–water partition coefficient (Wildman–Crippen LogP) is 2.68. The van der Waals surface area contributed by atoms with E-state index in [1.165, 1.54) is 6.92 Å². The Morgan fingerprint density at radius 3 is 2.45 bits per heavy atom. The van der Waals surface area contributed by atoms with Crippen LogP contribution in [0.4, 0.5) is 23.2 Å². The maximum absolute atomic E-state index is 13.7. The lowest BCUT2D eigenvalue weighted by molar-refractivity contribution is -0.141. The van der Waals surface area contributed by atoms with E-state index in [-0.39, 0.29) is 23.6 Å². The molecule has 0 aromatic carbocycles. The summed E-state index contributed by atoms with van der Waals surface area (Å²) >= 11 is 0. The van der Waals surface area contributed by atoms with Crippen LogP contribution in [-0.2, 0) is 12.7 Å². The Morgan fingerprint density at radius 1 is 1.25 bits per heavy atom. The summed E-state index contributed by atoms with van der Waals surface area (Å²) in [4.78, 5) is 3.94. The normalized spacial score (nSPS) is 11.9. The van der Waals surface area contributed by atoms with Gasteiger partial charge in [0.1, 0.15) is 5.82 Å². The highest BCUT2D eigenvalue weighted by Crippen LogP contribution is 2.28. The zero-order valence-electron chi connectivity index (χ0n) is 10.8. The zero-order valence-corrected chi connectivity index (χ0v) is 10.8. The molecule has 0 amide bonds. The van der Waals surface area contributed by atoms with Crippen molar-refractivity contribution in [1.82, 2.24) is 14.8 Å². The molecule has 0 saturated carbocycles. The third-order valence-corrected chi connectivity index (χ3v) is 2.85. The Labute approximate surface area is 112 Å². The summed E-state index contributed by atoms with van der Waals surface area (Å²) in [5.41, 5.74) is 5.37. The average Bonchev–Trinajstić information content (AvgIpc) is 2.68. The quantitative estimate of drug-likeness (QED) is 0.864. The fourth-order valence-corrected chi connectivity index (χ4v) is 1.71. The summed E-state index contributed by atoms with van der Waals surface area (Å²) in [6.45, 7) is 2.87. The third-order valence-electron chi connectivity index (χ3n) is 2.85. The van der Waals surface area contributed by atoms with Gasteiger partial charge in [-0.1, -0.05) is 0 Å². The van der Waals surface area contributed by atoms with Gasteiger partial charge in [0.2, 0.25) is 0 Å². The highest BCUT2D eigenvalue weighted by Gasteiger charge is 2.34. The molecule has 2 N–H and O–H groups in total. The smallest absolute Gasteiger partial charge is 0.397 e. The molecule has 2 aromatic heterocycles. The maximum atomic E-state index is 13.7. The molecule has 0 bridgehead atoms. The number of anilines is 1. The largest absolute Gasteiger partial charge is 0.435 e. The molecule has 0 radical (unpaired) electrons. The van der Waals surface area contributed by atoms with Crippen LogP contribution < -0.4 is 5.73 Å². The second-order valence-electron chi connectivity index (χ2n) is 4.42. The van der Waals surface area contributed by atoms with Crippen LogP contribution >= 0.6 is 0 Å². The fourth-order valence-electron chi connectivity index (χ4n) is 1.71. The SMILES string of the molecule is Cc1nc(Cn2nc(C(F)(F)F)cc2C)c(F)cc1N. The Hall–Kier alpha value is -2.12. The summed E-state index contributed by atoms with van der Waals surface area (Å²) in [6.07, 6.45) is -4.53. The van der Waals surface area contributed by atoms with Crippen molar-refractivity contribution in [3.8, 4) is 0 Å². The summed E-state index contributed by atoms with van der Waals surface area (Å²) in [7, 11) is 0. The first-order chi connectivity index (χ1) is 9.18. The number of hydrogen-bond donors (Lipinski definition) is 1. The Balaban J connectivity index is 2.36. The fraction of sp³-hybridized carbons (Fsp3) is 0.333. The first-order valence-corrected chi connectivity index (χ1v) is 5.71. The lowest BCUT2D eigenvalue weighted by Crippen LogP contribution is -2.11. The van der Waals surface area contributed by atoms with Crippen LogP contribution in [0.1, 0.15) is 22.8 Å². The van der Waals surface area contributed by atoms with Gasteiger partial charge in [0.15, 0.2) is 5.69 Å². The van der Waals surface area contributed by atoms with Gasteiger partial charge in [-0.3, -0.25) is 9.67 Å². The first kappa shape index (κ1) is 14.3. The lowest BCUT2D eigenvalue weighted by Gasteiger charge is -2.08. The topological polar surface area (TPSA) is 56.7 Å². The number of halogens is 4. The number of alkyl halides is 3. The molecule has 8 heteroatoms. The third kappa shape index (κ3) is 2.73. The Morgan fingerprint density at radius 2 is 1.90 bits per heavy atom. The minimum atomic E-state index is -4.53. The highest BCUT2D eigenvalue weighted by atomic mass is 19.4. The van der Waals surface area contributed by atoms with Crippen LogP contribution in [0.25, 0.3) is 0 Å². The number of hydrogen-bond acceptors (Lipinski definition) is 3. The van der Waals surface area contributed by atoms with Gasteiger partial charge >= 0.3 is 6.18 Å². The van der Waals surface area contributed by atoms with E-state index in [9.17, 15) is 17.6 Å². The molecular weight excluding hydrogens is 276 g/mol. The number of nitrogen functional groups attached to an aromatic ring is 1. The van der Waals surface area contributed by atoms with Gasteiger partial charge in [0.05, 0.1) is 23.6 Å². The van der Waals surface area contributed by atoms with Gasteiger partial charge in [-0.15, -0.1) is 0 Å². The first-order valence-electron chi connectivity index (χ1n) is 5.71. The van der Waals surface area contributed by atoms with Crippen molar-refractivity contribution >= 4 is 5.69 Å². The van der Waals surface area contributed by atoms with Crippen molar-refractivity contribution in [3.63, 3.8) is 0 Å². The molecule has 0 aliphatic heterocycles. The summed E-state index contributed by atoms with van der Waals surface area (Å²) in [6, 6.07) is 2.00.